The topological polar surface area (TPSA) is 78.4 Å². The van der Waals surface area contributed by atoms with Gasteiger partial charge < -0.3 is 9.47 Å². The van der Waals surface area contributed by atoms with Crippen molar-refractivity contribution in [1.82, 2.24) is 10.2 Å². The Balaban J connectivity index is 1.74. The molecule has 0 aliphatic carbocycles. The van der Waals surface area contributed by atoms with E-state index in [1.165, 1.54) is 18.4 Å². The molecule has 1 aromatic carbocycles. The van der Waals surface area contributed by atoms with Crippen molar-refractivity contribution >= 4 is 9.84 Å². The minimum absolute atomic E-state index is 0.279. The number of sulfone groups is 1. The van der Waals surface area contributed by atoms with E-state index in [9.17, 15) is 8.42 Å². The minimum Gasteiger partial charge on any atom is -0.493 e. The predicted octanol–water partition coefficient (Wildman–Crippen LogP) is 2.34. The Morgan fingerprint density at radius 2 is 1.65 bits per heavy atom. The largest absolute Gasteiger partial charge is 0.493 e. The van der Waals surface area contributed by atoms with Crippen LogP contribution in [0, 0.1) is 13.8 Å². The molecule has 0 atom stereocenters. The highest BCUT2D eigenvalue weighted by molar-refractivity contribution is 7.90. The lowest BCUT2D eigenvalue weighted by Crippen LogP contribution is -2.07. The zero-order valence-corrected chi connectivity index (χ0v) is 14.3. The predicted molar refractivity (Wildman–Crippen MR) is 86.7 cm³/mol. The van der Waals surface area contributed by atoms with Gasteiger partial charge in [-0.15, -0.1) is 5.10 Å². The standard InChI is InChI=1S/C16H20N2O4S/c1-12-11-16(18-17-13(12)2)22-10-4-9-21-14-5-7-15(8-6-14)23(3,19)20/h5-8,11H,4,9-10H2,1-3H3. The molecule has 0 N–H and O–H groups in total. The average molecular weight is 336 g/mol. The van der Waals surface area contributed by atoms with Crippen LogP contribution in [0.1, 0.15) is 17.7 Å². The first kappa shape index (κ1) is 17.2. The maximum absolute atomic E-state index is 11.4. The lowest BCUT2D eigenvalue weighted by Gasteiger charge is -2.08. The first-order valence-electron chi connectivity index (χ1n) is 7.23. The molecule has 1 heterocycles. The molecule has 6 nitrogen and oxygen atoms in total. The van der Waals surface area contributed by atoms with Gasteiger partial charge >= 0.3 is 0 Å². The SMILES string of the molecule is Cc1cc(OCCCOc2ccc(S(C)(=O)=O)cc2)nnc1C. The molecule has 0 saturated heterocycles. The van der Waals surface area contributed by atoms with Gasteiger partial charge in [-0.3, -0.25) is 0 Å². The van der Waals surface area contributed by atoms with E-state index in [1.54, 1.807) is 12.1 Å². The number of rotatable bonds is 7. The van der Waals surface area contributed by atoms with Gasteiger partial charge in [0, 0.05) is 18.7 Å². The third-order valence-corrected chi connectivity index (χ3v) is 4.40. The molecular formula is C16H20N2O4S. The molecular weight excluding hydrogens is 316 g/mol. The van der Waals surface area contributed by atoms with Crippen LogP contribution in [-0.4, -0.2) is 38.1 Å². The summed E-state index contributed by atoms with van der Waals surface area (Å²) in [6, 6.07) is 8.21. The molecule has 0 saturated carbocycles. The molecule has 0 fully saturated rings. The zero-order chi connectivity index (χ0) is 16.9. The zero-order valence-electron chi connectivity index (χ0n) is 13.4. The number of hydrogen-bond acceptors (Lipinski definition) is 6. The van der Waals surface area contributed by atoms with E-state index in [0.29, 0.717) is 31.3 Å². The summed E-state index contributed by atoms with van der Waals surface area (Å²) in [5, 5.41) is 7.96. The van der Waals surface area contributed by atoms with Crippen LogP contribution < -0.4 is 9.47 Å². The lowest BCUT2D eigenvalue weighted by molar-refractivity contribution is 0.240. The van der Waals surface area contributed by atoms with Gasteiger partial charge in [-0.2, -0.15) is 5.10 Å². The maximum atomic E-state index is 11.4. The molecule has 2 rings (SSSR count). The van der Waals surface area contributed by atoms with Crippen molar-refractivity contribution in [3.8, 4) is 11.6 Å². The van der Waals surface area contributed by atoms with Crippen molar-refractivity contribution in [3.05, 3.63) is 41.6 Å². The Kier molecular flexibility index (Phi) is 5.54. The Bertz CT molecular complexity index is 758. The fraction of sp³-hybridized carbons (Fsp3) is 0.375. The van der Waals surface area contributed by atoms with E-state index in [-0.39, 0.29) is 4.90 Å². The second-order valence-electron chi connectivity index (χ2n) is 5.25. The van der Waals surface area contributed by atoms with E-state index in [0.717, 1.165) is 11.3 Å². The summed E-state index contributed by atoms with van der Waals surface area (Å²) in [5.41, 5.74) is 1.93. The van der Waals surface area contributed by atoms with Crippen molar-refractivity contribution in [2.45, 2.75) is 25.2 Å². The molecule has 2 aromatic rings. The van der Waals surface area contributed by atoms with Crippen molar-refractivity contribution < 1.29 is 17.9 Å². The van der Waals surface area contributed by atoms with Gasteiger partial charge in [0.05, 0.1) is 23.8 Å². The van der Waals surface area contributed by atoms with Gasteiger partial charge in [-0.1, -0.05) is 0 Å². The van der Waals surface area contributed by atoms with Crippen LogP contribution in [0.4, 0.5) is 0 Å². The summed E-state index contributed by atoms with van der Waals surface area (Å²) in [6.45, 7) is 4.80. The van der Waals surface area contributed by atoms with E-state index >= 15 is 0 Å². The van der Waals surface area contributed by atoms with Crippen molar-refractivity contribution in [2.75, 3.05) is 19.5 Å². The third-order valence-electron chi connectivity index (χ3n) is 3.27. The second-order valence-corrected chi connectivity index (χ2v) is 7.26. The van der Waals surface area contributed by atoms with Gasteiger partial charge in [-0.05, 0) is 43.7 Å². The molecule has 1 aromatic heterocycles. The summed E-state index contributed by atoms with van der Waals surface area (Å²) in [6.07, 6.45) is 1.86. The van der Waals surface area contributed by atoms with Gasteiger partial charge in [-0.25, -0.2) is 8.42 Å². The average Bonchev–Trinajstić information content (AvgIpc) is 2.50. The highest BCUT2D eigenvalue weighted by atomic mass is 32.2. The smallest absolute Gasteiger partial charge is 0.233 e. The summed E-state index contributed by atoms with van der Waals surface area (Å²) in [7, 11) is -3.17. The van der Waals surface area contributed by atoms with Crippen molar-refractivity contribution in [1.29, 1.82) is 0 Å². The van der Waals surface area contributed by atoms with Gasteiger partial charge in [0.25, 0.3) is 0 Å². The van der Waals surface area contributed by atoms with Crippen LogP contribution in [0.2, 0.25) is 0 Å². The Hall–Kier alpha value is -2.15. The highest BCUT2D eigenvalue weighted by Crippen LogP contribution is 2.16. The van der Waals surface area contributed by atoms with Crippen LogP contribution in [0.15, 0.2) is 35.2 Å². The Morgan fingerprint density at radius 3 is 2.26 bits per heavy atom. The normalized spacial score (nSPS) is 11.3. The third kappa shape index (κ3) is 5.21. The first-order valence-corrected chi connectivity index (χ1v) is 9.12. The molecule has 124 valence electrons. The van der Waals surface area contributed by atoms with Crippen LogP contribution in [0.5, 0.6) is 11.6 Å². The minimum atomic E-state index is -3.17. The van der Waals surface area contributed by atoms with E-state index in [1.807, 2.05) is 19.9 Å². The van der Waals surface area contributed by atoms with Crippen molar-refractivity contribution in [3.63, 3.8) is 0 Å². The molecule has 0 radical (unpaired) electrons. The van der Waals surface area contributed by atoms with E-state index in [2.05, 4.69) is 10.2 Å². The number of benzene rings is 1. The number of ether oxygens (including phenoxy) is 2. The molecule has 0 spiro atoms. The maximum Gasteiger partial charge on any atom is 0.233 e. The molecule has 0 unspecified atom stereocenters. The fourth-order valence-corrected chi connectivity index (χ4v) is 2.43. The molecule has 0 amide bonds. The monoisotopic (exact) mass is 336 g/mol. The Labute approximate surface area is 136 Å². The fourth-order valence-electron chi connectivity index (χ4n) is 1.80. The quantitative estimate of drug-likeness (QED) is 0.722. The number of aromatic nitrogens is 2. The van der Waals surface area contributed by atoms with E-state index in [4.69, 9.17) is 9.47 Å². The summed E-state index contributed by atoms with van der Waals surface area (Å²) < 4.78 is 33.8. The summed E-state index contributed by atoms with van der Waals surface area (Å²) in [5.74, 6) is 1.13. The van der Waals surface area contributed by atoms with Crippen LogP contribution in [0.25, 0.3) is 0 Å². The number of aryl methyl sites for hydroxylation is 2. The number of nitrogens with zero attached hydrogens (tertiary/aromatic N) is 2. The number of hydrogen-bond donors (Lipinski definition) is 0. The highest BCUT2D eigenvalue weighted by Gasteiger charge is 2.06. The Morgan fingerprint density at radius 1 is 1.00 bits per heavy atom. The molecule has 23 heavy (non-hydrogen) atoms. The molecule has 0 bridgehead atoms. The molecule has 0 aliphatic heterocycles. The first-order chi connectivity index (χ1) is 10.9. The van der Waals surface area contributed by atoms with Crippen LogP contribution in [-0.2, 0) is 9.84 Å². The summed E-state index contributed by atoms with van der Waals surface area (Å²) in [4.78, 5) is 0.279. The molecule has 7 heteroatoms. The lowest BCUT2D eigenvalue weighted by atomic mass is 10.2. The second kappa shape index (κ2) is 7.41. The van der Waals surface area contributed by atoms with Gasteiger partial charge in [0.1, 0.15) is 5.75 Å². The van der Waals surface area contributed by atoms with Gasteiger partial charge in [0.2, 0.25) is 5.88 Å². The molecule has 0 aliphatic rings. The van der Waals surface area contributed by atoms with Crippen LogP contribution in [0.3, 0.4) is 0 Å². The van der Waals surface area contributed by atoms with E-state index < -0.39 is 9.84 Å². The van der Waals surface area contributed by atoms with Crippen LogP contribution >= 0.6 is 0 Å². The van der Waals surface area contributed by atoms with Gasteiger partial charge in [0.15, 0.2) is 9.84 Å². The summed E-state index contributed by atoms with van der Waals surface area (Å²) >= 11 is 0. The van der Waals surface area contributed by atoms with Crippen molar-refractivity contribution in [2.24, 2.45) is 0 Å².